The van der Waals surface area contributed by atoms with E-state index in [1.807, 2.05) is 0 Å². The summed E-state index contributed by atoms with van der Waals surface area (Å²) in [6.45, 7) is 0. The van der Waals surface area contributed by atoms with Gasteiger partial charge in [0.1, 0.15) is 11.1 Å². The predicted octanol–water partition coefficient (Wildman–Crippen LogP) is 3.73. The molecule has 0 radical (unpaired) electrons. The van der Waals surface area contributed by atoms with Gasteiger partial charge in [-0.05, 0) is 23.8 Å². The van der Waals surface area contributed by atoms with Crippen molar-refractivity contribution in [2.75, 3.05) is 10.7 Å². The topological polar surface area (TPSA) is 83.7 Å². The standard InChI is InChI=1S/C15H11ClN2O4S/c16-10-4-5-13(19)12(7-10)17-14(20)8-23-15(17)9-2-1-3-11(6-9)18(21)22/h1-7,15,19H,8H2. The van der Waals surface area contributed by atoms with Crippen molar-refractivity contribution in [1.82, 2.24) is 0 Å². The molecule has 2 aromatic carbocycles. The Kier molecular flexibility index (Phi) is 4.14. The predicted molar refractivity (Wildman–Crippen MR) is 88.9 cm³/mol. The lowest BCUT2D eigenvalue weighted by molar-refractivity contribution is -0.384. The number of phenols is 1. The zero-order valence-corrected chi connectivity index (χ0v) is 13.3. The highest BCUT2D eigenvalue weighted by atomic mass is 35.5. The highest BCUT2D eigenvalue weighted by molar-refractivity contribution is 8.00. The lowest BCUT2D eigenvalue weighted by atomic mass is 10.1. The van der Waals surface area contributed by atoms with Crippen LogP contribution in [0.1, 0.15) is 10.9 Å². The third kappa shape index (κ3) is 2.97. The van der Waals surface area contributed by atoms with Crippen molar-refractivity contribution in [1.29, 1.82) is 0 Å². The molecular formula is C15H11ClN2O4S. The van der Waals surface area contributed by atoms with Crippen molar-refractivity contribution in [3.05, 3.63) is 63.2 Å². The summed E-state index contributed by atoms with van der Waals surface area (Å²) >= 11 is 7.30. The van der Waals surface area contributed by atoms with Crippen molar-refractivity contribution in [2.45, 2.75) is 5.37 Å². The molecule has 0 spiro atoms. The monoisotopic (exact) mass is 350 g/mol. The molecule has 1 unspecified atom stereocenters. The molecule has 1 aliphatic rings. The first kappa shape index (κ1) is 15.6. The summed E-state index contributed by atoms with van der Waals surface area (Å²) in [4.78, 5) is 24.1. The Morgan fingerprint density at radius 3 is 2.83 bits per heavy atom. The molecule has 6 nitrogen and oxygen atoms in total. The van der Waals surface area contributed by atoms with Crippen molar-refractivity contribution >= 4 is 40.6 Å². The van der Waals surface area contributed by atoms with E-state index in [4.69, 9.17) is 11.6 Å². The number of anilines is 1. The minimum atomic E-state index is -0.480. The second-order valence-corrected chi connectivity index (χ2v) is 6.42. The number of aromatic hydroxyl groups is 1. The summed E-state index contributed by atoms with van der Waals surface area (Å²) in [5.41, 5.74) is 0.871. The average molecular weight is 351 g/mol. The van der Waals surface area contributed by atoms with Crippen LogP contribution in [0.5, 0.6) is 5.75 Å². The minimum absolute atomic E-state index is 0.0438. The van der Waals surface area contributed by atoms with Gasteiger partial charge in [-0.1, -0.05) is 23.7 Å². The number of phenolic OH excluding ortho intramolecular Hbond substituents is 1. The Bertz CT molecular complexity index is 799. The molecule has 1 fully saturated rings. The number of hydrogen-bond acceptors (Lipinski definition) is 5. The van der Waals surface area contributed by atoms with Gasteiger partial charge in [0.2, 0.25) is 5.91 Å². The first-order valence-corrected chi connectivity index (χ1v) is 8.06. The molecule has 2 aromatic rings. The van der Waals surface area contributed by atoms with E-state index < -0.39 is 10.3 Å². The molecule has 1 atom stereocenters. The molecule has 0 bridgehead atoms. The van der Waals surface area contributed by atoms with Crippen LogP contribution in [0.15, 0.2) is 42.5 Å². The molecule has 3 rings (SSSR count). The van der Waals surface area contributed by atoms with Gasteiger partial charge < -0.3 is 5.11 Å². The van der Waals surface area contributed by atoms with Crippen LogP contribution in [0.25, 0.3) is 0 Å². The summed E-state index contributed by atoms with van der Waals surface area (Å²) in [7, 11) is 0. The molecular weight excluding hydrogens is 340 g/mol. The fourth-order valence-corrected chi connectivity index (χ4v) is 3.74. The zero-order valence-electron chi connectivity index (χ0n) is 11.7. The summed E-state index contributed by atoms with van der Waals surface area (Å²) in [5, 5.41) is 20.9. The number of carbonyl (C=O) groups excluding carboxylic acids is 1. The summed E-state index contributed by atoms with van der Waals surface area (Å²) < 4.78 is 0. The number of thioether (sulfide) groups is 1. The van der Waals surface area contributed by atoms with Crippen molar-refractivity contribution in [2.24, 2.45) is 0 Å². The number of hydrogen-bond donors (Lipinski definition) is 1. The number of nitro benzene ring substituents is 1. The Balaban J connectivity index is 2.05. The van der Waals surface area contributed by atoms with Gasteiger partial charge in [0, 0.05) is 17.2 Å². The highest BCUT2D eigenvalue weighted by Crippen LogP contribution is 2.45. The van der Waals surface area contributed by atoms with Crippen molar-refractivity contribution in [3.8, 4) is 5.75 Å². The molecule has 118 valence electrons. The normalized spacial score (nSPS) is 17.5. The van der Waals surface area contributed by atoms with Gasteiger partial charge in [0.15, 0.2) is 0 Å². The third-order valence-corrected chi connectivity index (χ3v) is 4.88. The Labute approximate surface area is 140 Å². The molecule has 0 aromatic heterocycles. The molecule has 0 aliphatic carbocycles. The van der Waals surface area contributed by atoms with Crippen LogP contribution in [0.4, 0.5) is 11.4 Å². The van der Waals surface area contributed by atoms with E-state index in [0.29, 0.717) is 16.3 Å². The number of nitro groups is 1. The number of rotatable bonds is 3. The van der Waals surface area contributed by atoms with E-state index in [2.05, 4.69) is 0 Å². The quantitative estimate of drug-likeness (QED) is 0.673. The van der Waals surface area contributed by atoms with Gasteiger partial charge in [-0.25, -0.2) is 0 Å². The second-order valence-electron chi connectivity index (χ2n) is 4.91. The van der Waals surface area contributed by atoms with Gasteiger partial charge in [0.05, 0.1) is 16.4 Å². The number of carbonyl (C=O) groups is 1. The fourth-order valence-electron chi connectivity index (χ4n) is 2.41. The molecule has 1 N–H and O–H groups in total. The van der Waals surface area contributed by atoms with Gasteiger partial charge in [-0.3, -0.25) is 19.8 Å². The summed E-state index contributed by atoms with van der Waals surface area (Å²) in [6.07, 6.45) is 0. The SMILES string of the molecule is O=C1CSC(c2cccc([N+](=O)[O-])c2)N1c1cc(Cl)ccc1O. The largest absolute Gasteiger partial charge is 0.506 e. The van der Waals surface area contributed by atoms with E-state index in [1.165, 1.54) is 47.0 Å². The van der Waals surface area contributed by atoms with Crippen LogP contribution in [-0.4, -0.2) is 21.7 Å². The number of halogens is 1. The van der Waals surface area contributed by atoms with Gasteiger partial charge in [-0.2, -0.15) is 0 Å². The van der Waals surface area contributed by atoms with Gasteiger partial charge in [0.25, 0.3) is 5.69 Å². The number of non-ortho nitro benzene ring substituents is 1. The van der Waals surface area contributed by atoms with E-state index in [9.17, 15) is 20.0 Å². The van der Waals surface area contributed by atoms with Gasteiger partial charge >= 0.3 is 0 Å². The smallest absolute Gasteiger partial charge is 0.269 e. The van der Waals surface area contributed by atoms with E-state index in [-0.39, 0.29) is 23.1 Å². The van der Waals surface area contributed by atoms with E-state index in [0.717, 1.165) is 0 Å². The summed E-state index contributed by atoms with van der Waals surface area (Å²) in [5.74, 6) is -0.0379. The zero-order chi connectivity index (χ0) is 16.6. The average Bonchev–Trinajstić information content (AvgIpc) is 2.91. The van der Waals surface area contributed by atoms with Crippen molar-refractivity contribution in [3.63, 3.8) is 0 Å². The Morgan fingerprint density at radius 1 is 1.30 bits per heavy atom. The second kappa shape index (κ2) is 6.10. The molecule has 1 heterocycles. The van der Waals surface area contributed by atoms with Crippen LogP contribution in [-0.2, 0) is 4.79 Å². The first-order valence-electron chi connectivity index (χ1n) is 6.64. The molecule has 1 amide bonds. The number of benzene rings is 2. The highest BCUT2D eigenvalue weighted by Gasteiger charge is 2.36. The molecule has 0 saturated carbocycles. The van der Waals surface area contributed by atoms with Crippen LogP contribution >= 0.6 is 23.4 Å². The molecule has 23 heavy (non-hydrogen) atoms. The van der Waals surface area contributed by atoms with Crippen LogP contribution in [0.2, 0.25) is 5.02 Å². The maximum atomic E-state index is 12.3. The number of nitrogens with zero attached hydrogens (tertiary/aromatic N) is 2. The Morgan fingerprint density at radius 2 is 2.09 bits per heavy atom. The first-order chi connectivity index (χ1) is 11.0. The van der Waals surface area contributed by atoms with Crippen molar-refractivity contribution < 1.29 is 14.8 Å². The lowest BCUT2D eigenvalue weighted by Gasteiger charge is -2.25. The molecule has 1 saturated heterocycles. The lowest BCUT2D eigenvalue weighted by Crippen LogP contribution is -2.27. The molecule has 8 heteroatoms. The maximum absolute atomic E-state index is 12.3. The number of amides is 1. The van der Waals surface area contributed by atoms with Crippen LogP contribution in [0.3, 0.4) is 0 Å². The third-order valence-electron chi connectivity index (χ3n) is 3.43. The molecule has 1 aliphatic heterocycles. The minimum Gasteiger partial charge on any atom is -0.506 e. The van der Waals surface area contributed by atoms with E-state index >= 15 is 0 Å². The Hall–Kier alpha value is -2.25. The van der Waals surface area contributed by atoms with Crippen LogP contribution in [0, 0.1) is 10.1 Å². The maximum Gasteiger partial charge on any atom is 0.269 e. The summed E-state index contributed by atoms with van der Waals surface area (Å²) in [6, 6.07) is 10.6. The van der Waals surface area contributed by atoms with Crippen LogP contribution < -0.4 is 4.90 Å². The van der Waals surface area contributed by atoms with E-state index in [1.54, 1.807) is 12.1 Å². The fraction of sp³-hybridized carbons (Fsp3) is 0.133. The van der Waals surface area contributed by atoms with Gasteiger partial charge in [-0.15, -0.1) is 11.8 Å².